The zero-order chi connectivity index (χ0) is 33.3. The van der Waals surface area contributed by atoms with Gasteiger partial charge in [-0.3, -0.25) is 19.2 Å². The van der Waals surface area contributed by atoms with E-state index in [1.807, 2.05) is 92.8 Å². The number of aliphatic hydroxyl groups is 1. The minimum absolute atomic E-state index is 0.00894. The Hall–Kier alpha value is -4.36. The molecule has 4 aromatic rings. The van der Waals surface area contributed by atoms with Crippen molar-refractivity contribution in [1.29, 1.82) is 0 Å². The van der Waals surface area contributed by atoms with E-state index in [0.717, 1.165) is 28.9 Å². The van der Waals surface area contributed by atoms with Crippen LogP contribution in [-0.4, -0.2) is 65.4 Å². The molecule has 0 bridgehead atoms. The summed E-state index contributed by atoms with van der Waals surface area (Å²) in [5, 5.41) is 17.6. The number of carbonyl (C=O) groups excluding carboxylic acids is 2. The van der Waals surface area contributed by atoms with Crippen molar-refractivity contribution in [2.75, 3.05) is 23.5 Å². The largest absolute Gasteiger partial charge is 0.497 e. The topological polar surface area (TPSA) is 130 Å². The molecule has 1 spiro atoms. The highest BCUT2D eigenvalue weighted by Gasteiger charge is 2.66. The summed E-state index contributed by atoms with van der Waals surface area (Å²) in [7, 11) is -1.26. The van der Waals surface area contributed by atoms with Gasteiger partial charge in [-0.2, -0.15) is 0 Å². The molecule has 0 saturated carbocycles. The zero-order valence-corrected chi connectivity index (χ0v) is 28.1. The Morgan fingerprint density at radius 3 is 2.55 bits per heavy atom. The lowest BCUT2D eigenvalue weighted by molar-refractivity contribution is -0.146. The molecule has 6 rings (SSSR count). The SMILES string of the molecule is COc1ccc2c(c1)[C@@]1(O[C@H](CCn3cc(CCO)nn3)[C@@H]([Si](C)(C)O)[C@@H]1C)C(=O)N2Cc1cccc(N(C=O)c2ccccc2)c1. The average Bonchev–Trinajstić information content (AvgIpc) is 3.71. The lowest BCUT2D eigenvalue weighted by atomic mass is 9.82. The normalized spacial score (nSPS) is 22.1. The fraction of sp³-hybridized carbons (Fsp3) is 0.371. The van der Waals surface area contributed by atoms with E-state index < -0.39 is 20.0 Å². The van der Waals surface area contributed by atoms with Crippen LogP contribution in [0, 0.1) is 5.92 Å². The molecule has 2 N–H and O–H groups in total. The van der Waals surface area contributed by atoms with Gasteiger partial charge in [0.25, 0.3) is 5.91 Å². The van der Waals surface area contributed by atoms with Crippen LogP contribution < -0.4 is 14.5 Å². The summed E-state index contributed by atoms with van der Waals surface area (Å²) in [6.45, 7) is 6.55. The first-order chi connectivity index (χ1) is 22.6. The van der Waals surface area contributed by atoms with Crippen LogP contribution in [0.2, 0.25) is 18.6 Å². The fourth-order valence-electron chi connectivity index (χ4n) is 7.39. The molecule has 47 heavy (non-hydrogen) atoms. The zero-order valence-electron chi connectivity index (χ0n) is 27.1. The predicted octanol–water partition coefficient (Wildman–Crippen LogP) is 4.55. The summed E-state index contributed by atoms with van der Waals surface area (Å²) in [6.07, 6.45) is 3.12. The lowest BCUT2D eigenvalue weighted by Gasteiger charge is -2.32. The van der Waals surface area contributed by atoms with Crippen molar-refractivity contribution in [1.82, 2.24) is 15.0 Å². The van der Waals surface area contributed by atoms with Crippen molar-refractivity contribution in [3.05, 3.63) is 95.8 Å². The van der Waals surface area contributed by atoms with Gasteiger partial charge in [0.1, 0.15) is 5.75 Å². The third kappa shape index (κ3) is 5.97. The Kier molecular flexibility index (Phi) is 9.03. The van der Waals surface area contributed by atoms with Crippen LogP contribution in [0.5, 0.6) is 5.75 Å². The molecule has 4 atom stereocenters. The standard InChI is InChI=1S/C35H41N5O6Si/c1-24-33(47(3,4)44)32(15-17-38-22-26(16-18-41)36-37-38)46-35(24)30-20-29(45-2)13-14-31(30)39(34(35)43)21-25-9-8-12-28(19-25)40(23-42)27-10-6-5-7-11-27/h5-14,19-20,22-24,32-33,41,44H,15-18,21H2,1-4H3/t24-,32+,33-,35+/m0/s1. The van der Waals surface area contributed by atoms with Crippen LogP contribution in [0.25, 0.3) is 0 Å². The van der Waals surface area contributed by atoms with Gasteiger partial charge in [0, 0.05) is 54.2 Å². The van der Waals surface area contributed by atoms with E-state index >= 15 is 0 Å². The number of fused-ring (bicyclic) bond motifs is 2. The summed E-state index contributed by atoms with van der Waals surface area (Å²) in [6, 6.07) is 22.6. The van der Waals surface area contributed by atoms with Crippen LogP contribution in [0.1, 0.15) is 30.2 Å². The molecule has 0 unspecified atom stereocenters. The second-order valence-corrected chi connectivity index (χ2v) is 16.8. The van der Waals surface area contributed by atoms with E-state index in [1.165, 1.54) is 0 Å². The van der Waals surface area contributed by atoms with Gasteiger partial charge in [-0.15, -0.1) is 5.10 Å². The summed E-state index contributed by atoms with van der Waals surface area (Å²) in [5.74, 6) is 0.0866. The molecule has 2 amide bonds. The van der Waals surface area contributed by atoms with E-state index in [2.05, 4.69) is 10.3 Å². The van der Waals surface area contributed by atoms with Gasteiger partial charge in [-0.05, 0) is 67.5 Å². The molecule has 0 radical (unpaired) electrons. The lowest BCUT2D eigenvalue weighted by Crippen LogP contribution is -2.46. The second-order valence-electron chi connectivity index (χ2n) is 12.9. The molecule has 2 aliphatic rings. The van der Waals surface area contributed by atoms with Crippen LogP contribution in [0.3, 0.4) is 0 Å². The first-order valence-corrected chi connectivity index (χ1v) is 18.9. The fourth-order valence-corrected chi connectivity index (χ4v) is 10.00. The monoisotopic (exact) mass is 655 g/mol. The third-order valence-electron chi connectivity index (χ3n) is 9.46. The number of carbonyl (C=O) groups is 2. The molecule has 3 aromatic carbocycles. The van der Waals surface area contributed by atoms with E-state index in [-0.39, 0.29) is 30.5 Å². The molecule has 1 saturated heterocycles. The highest BCUT2D eigenvalue weighted by atomic mass is 28.4. The Morgan fingerprint density at radius 1 is 1.09 bits per heavy atom. The first kappa shape index (κ1) is 32.6. The van der Waals surface area contributed by atoms with Gasteiger partial charge < -0.3 is 24.3 Å². The van der Waals surface area contributed by atoms with Crippen LogP contribution in [0.15, 0.2) is 79.0 Å². The number of amides is 2. The molecule has 12 heteroatoms. The third-order valence-corrected chi connectivity index (χ3v) is 12.0. The van der Waals surface area contributed by atoms with Gasteiger partial charge in [-0.25, -0.2) is 0 Å². The highest BCUT2D eigenvalue weighted by molar-refractivity contribution is 6.71. The van der Waals surface area contributed by atoms with E-state index in [4.69, 9.17) is 9.47 Å². The van der Waals surface area contributed by atoms with Gasteiger partial charge in [0.05, 0.1) is 31.1 Å². The average molecular weight is 656 g/mol. The number of aliphatic hydroxyl groups excluding tert-OH is 1. The molecule has 0 aliphatic carbocycles. The Morgan fingerprint density at radius 2 is 1.85 bits per heavy atom. The van der Waals surface area contributed by atoms with Gasteiger partial charge in [0.15, 0.2) is 13.9 Å². The summed E-state index contributed by atoms with van der Waals surface area (Å²) in [4.78, 5) is 41.9. The van der Waals surface area contributed by atoms with Crippen molar-refractivity contribution in [2.24, 2.45) is 5.92 Å². The van der Waals surface area contributed by atoms with Crippen molar-refractivity contribution in [3.63, 3.8) is 0 Å². The van der Waals surface area contributed by atoms with Crippen LogP contribution in [0.4, 0.5) is 17.1 Å². The van der Waals surface area contributed by atoms with Crippen molar-refractivity contribution in [3.8, 4) is 5.75 Å². The number of para-hydroxylation sites is 1. The Balaban J connectivity index is 1.35. The molecular weight excluding hydrogens is 615 g/mol. The number of ether oxygens (including phenoxy) is 2. The van der Waals surface area contributed by atoms with Crippen LogP contribution >= 0.6 is 0 Å². The van der Waals surface area contributed by atoms with E-state index in [9.17, 15) is 19.5 Å². The number of aromatic nitrogens is 3. The number of nitrogens with zero attached hydrogens (tertiary/aromatic N) is 5. The maximum atomic E-state index is 14.8. The van der Waals surface area contributed by atoms with Gasteiger partial charge in [-0.1, -0.05) is 42.5 Å². The maximum Gasteiger partial charge on any atom is 0.264 e. The predicted molar refractivity (Wildman–Crippen MR) is 180 cm³/mol. The number of hydrogen-bond donors (Lipinski definition) is 2. The number of benzene rings is 3. The summed E-state index contributed by atoms with van der Waals surface area (Å²) < 4.78 is 14.3. The Labute approximate surface area is 275 Å². The smallest absolute Gasteiger partial charge is 0.264 e. The van der Waals surface area contributed by atoms with Crippen LogP contribution in [-0.2, 0) is 39.4 Å². The molecular formula is C35H41N5O6Si. The molecule has 1 aromatic heterocycles. The van der Waals surface area contributed by atoms with Gasteiger partial charge >= 0.3 is 0 Å². The maximum absolute atomic E-state index is 14.8. The number of methoxy groups -OCH3 is 1. The second kappa shape index (κ2) is 13.0. The summed E-state index contributed by atoms with van der Waals surface area (Å²) >= 11 is 0. The molecule has 246 valence electrons. The van der Waals surface area contributed by atoms with Crippen molar-refractivity contribution in [2.45, 2.75) is 63.2 Å². The highest BCUT2D eigenvalue weighted by Crippen LogP contribution is 2.60. The van der Waals surface area contributed by atoms with E-state index in [0.29, 0.717) is 36.5 Å². The molecule has 11 nitrogen and oxygen atoms in total. The van der Waals surface area contributed by atoms with E-state index in [1.54, 1.807) is 27.8 Å². The van der Waals surface area contributed by atoms with Gasteiger partial charge in [0.2, 0.25) is 6.41 Å². The Bertz CT molecular complexity index is 1740. The van der Waals surface area contributed by atoms with Crippen molar-refractivity contribution < 1.29 is 29.0 Å². The molecule has 1 fully saturated rings. The van der Waals surface area contributed by atoms with Crippen molar-refractivity contribution >= 4 is 37.7 Å². The number of hydrogen-bond acceptors (Lipinski definition) is 8. The minimum Gasteiger partial charge on any atom is -0.497 e. The minimum atomic E-state index is -2.86. The number of anilines is 3. The quantitative estimate of drug-likeness (QED) is 0.168. The number of rotatable bonds is 12. The summed E-state index contributed by atoms with van der Waals surface area (Å²) in [5.41, 5.74) is 2.85. The molecule has 2 aliphatic heterocycles. The number of aryl methyl sites for hydroxylation is 1. The first-order valence-electron chi connectivity index (χ1n) is 15.9. The molecule has 3 heterocycles.